The number of nitriles is 1. The molecule has 0 amide bonds. The van der Waals surface area contributed by atoms with E-state index in [2.05, 4.69) is 171 Å². The molecule has 6 aromatic heterocycles. The Balaban J connectivity index is 0.980. The molecule has 0 atom stereocenters. The van der Waals surface area contributed by atoms with Crippen LogP contribution in [0.25, 0.3) is 125 Å². The number of rotatable bonds is 3. The first-order valence-electron chi connectivity index (χ1n) is 20.3. The first kappa shape index (κ1) is 32.7. The molecule has 0 spiro atoms. The molecule has 0 N–H and O–H groups in total. The summed E-state index contributed by atoms with van der Waals surface area (Å²) in [6.07, 6.45) is 0. The topological polar surface area (TPSA) is 64.1 Å². The highest BCUT2D eigenvalue weighted by Crippen LogP contribution is 2.46. The van der Waals surface area contributed by atoms with Crippen LogP contribution in [0.1, 0.15) is 5.56 Å². The molecular weight excluding hydrogens is 767 g/mol. The Kier molecular flexibility index (Phi) is 6.41. The van der Waals surface area contributed by atoms with Crippen LogP contribution < -0.4 is 0 Å². The van der Waals surface area contributed by atoms with Crippen molar-refractivity contribution >= 4 is 114 Å². The third-order valence-corrected chi connectivity index (χ3v) is 13.8. The van der Waals surface area contributed by atoms with Crippen LogP contribution in [0, 0.1) is 11.3 Å². The van der Waals surface area contributed by atoms with E-state index in [0.717, 1.165) is 81.3 Å². The molecule has 282 valence electrons. The first-order chi connectivity index (χ1) is 30.2. The number of pyridine rings is 1. The maximum absolute atomic E-state index is 9.90. The minimum atomic E-state index is 0.634. The van der Waals surface area contributed by atoms with Gasteiger partial charge in [0.25, 0.3) is 0 Å². The van der Waals surface area contributed by atoms with Gasteiger partial charge in [0.05, 0.1) is 60.3 Å². The zero-order valence-corrected chi connectivity index (χ0v) is 33.1. The molecule has 6 nitrogen and oxygen atoms in total. The van der Waals surface area contributed by atoms with Gasteiger partial charge in [0.2, 0.25) is 0 Å². The first-order valence-corrected chi connectivity index (χ1v) is 21.2. The molecule has 0 radical (unpaired) electrons. The van der Waals surface area contributed by atoms with Crippen molar-refractivity contribution in [2.24, 2.45) is 0 Å². The molecule has 0 bridgehead atoms. The Morgan fingerprint density at radius 3 is 1.85 bits per heavy atom. The van der Waals surface area contributed by atoms with Gasteiger partial charge in [0.15, 0.2) is 11.2 Å². The summed E-state index contributed by atoms with van der Waals surface area (Å²) in [6, 6.07) is 64.9. The summed E-state index contributed by atoms with van der Waals surface area (Å²) in [5, 5.41) is 17.9. The van der Waals surface area contributed by atoms with Gasteiger partial charge in [-0.2, -0.15) is 5.26 Å². The molecule has 0 aliphatic carbocycles. The highest BCUT2D eigenvalue weighted by Gasteiger charge is 2.24. The number of benzene rings is 8. The summed E-state index contributed by atoms with van der Waals surface area (Å²) in [5.41, 5.74) is 15.1. The zero-order valence-electron chi connectivity index (χ0n) is 32.3. The molecule has 7 heteroatoms. The smallest absolute Gasteiger partial charge is 0.182 e. The largest absolute Gasteiger partial charge is 0.452 e. The fraction of sp³-hybridized carbons (Fsp3) is 0. The fourth-order valence-corrected chi connectivity index (χ4v) is 11.2. The second-order valence-electron chi connectivity index (χ2n) is 15.9. The summed E-state index contributed by atoms with van der Waals surface area (Å²) in [6.45, 7) is 0. The molecule has 0 unspecified atom stereocenters. The third kappa shape index (κ3) is 4.41. The van der Waals surface area contributed by atoms with Crippen LogP contribution in [-0.4, -0.2) is 18.5 Å². The van der Waals surface area contributed by atoms with Crippen LogP contribution in [0.15, 0.2) is 180 Å². The monoisotopic (exact) mass is 795 g/mol. The SMILES string of the molecule is N#Cc1ccc2sc3c4c5ccccc5oc4c4nc5cc(-n6c7ccccc7c7cc(-c8ccc9c(c8)c8ccccc8n9-c8ccccc8)ccc76)ccc5n4c3c2c1. The number of thiophene rings is 1. The second kappa shape index (κ2) is 12.0. The Hall–Kier alpha value is -8.18. The normalized spacial score (nSPS) is 12.2. The number of imidazole rings is 1. The quantitative estimate of drug-likeness (QED) is 0.179. The minimum absolute atomic E-state index is 0.634. The molecular formula is C54H29N5OS. The average Bonchev–Trinajstić information content (AvgIpc) is 4.13. The van der Waals surface area contributed by atoms with E-state index in [-0.39, 0.29) is 0 Å². The summed E-state index contributed by atoms with van der Waals surface area (Å²) in [4.78, 5) is 5.36. The van der Waals surface area contributed by atoms with E-state index in [0.29, 0.717) is 5.56 Å². The van der Waals surface area contributed by atoms with Crippen LogP contribution in [0.4, 0.5) is 0 Å². The van der Waals surface area contributed by atoms with E-state index in [1.807, 2.05) is 24.3 Å². The van der Waals surface area contributed by atoms with Crippen molar-refractivity contribution in [1.29, 1.82) is 5.26 Å². The molecule has 0 aliphatic heterocycles. The molecule has 0 fully saturated rings. The third-order valence-electron chi connectivity index (χ3n) is 12.6. The van der Waals surface area contributed by atoms with Crippen molar-refractivity contribution in [3.05, 3.63) is 181 Å². The van der Waals surface area contributed by atoms with Crippen molar-refractivity contribution in [3.63, 3.8) is 0 Å². The van der Waals surface area contributed by atoms with E-state index in [1.54, 1.807) is 11.3 Å². The number of nitrogens with zero attached hydrogens (tertiary/aromatic N) is 5. The van der Waals surface area contributed by atoms with E-state index >= 15 is 0 Å². The van der Waals surface area contributed by atoms with Crippen molar-refractivity contribution < 1.29 is 4.42 Å². The maximum atomic E-state index is 9.90. The zero-order chi connectivity index (χ0) is 39.9. The van der Waals surface area contributed by atoms with Crippen LogP contribution in [-0.2, 0) is 0 Å². The van der Waals surface area contributed by atoms with Gasteiger partial charge in [0.1, 0.15) is 5.58 Å². The number of hydrogen-bond donors (Lipinski definition) is 0. The van der Waals surface area contributed by atoms with E-state index in [9.17, 15) is 5.26 Å². The van der Waals surface area contributed by atoms with E-state index in [1.165, 1.54) is 43.7 Å². The number of aromatic nitrogens is 4. The van der Waals surface area contributed by atoms with Gasteiger partial charge in [-0.3, -0.25) is 4.40 Å². The van der Waals surface area contributed by atoms with E-state index in [4.69, 9.17) is 9.40 Å². The van der Waals surface area contributed by atoms with Crippen LogP contribution >= 0.6 is 11.3 Å². The summed E-state index contributed by atoms with van der Waals surface area (Å²) < 4.78 is 15.9. The number of para-hydroxylation sites is 4. The van der Waals surface area contributed by atoms with Crippen LogP contribution in [0.2, 0.25) is 0 Å². The van der Waals surface area contributed by atoms with E-state index < -0.39 is 0 Å². The Morgan fingerprint density at radius 2 is 1.13 bits per heavy atom. The fourth-order valence-electron chi connectivity index (χ4n) is 10.00. The van der Waals surface area contributed by atoms with Crippen LogP contribution in [0.5, 0.6) is 0 Å². The lowest BCUT2D eigenvalue weighted by molar-refractivity contribution is 0.670. The molecule has 6 heterocycles. The molecule has 8 aromatic carbocycles. The van der Waals surface area contributed by atoms with Gasteiger partial charge in [0, 0.05) is 48.4 Å². The molecule has 0 saturated carbocycles. The Labute approximate surface area is 350 Å². The summed E-state index contributed by atoms with van der Waals surface area (Å²) >= 11 is 1.74. The molecule has 61 heavy (non-hydrogen) atoms. The Bertz CT molecular complexity index is 4250. The van der Waals surface area contributed by atoms with Gasteiger partial charge >= 0.3 is 0 Å². The number of furan rings is 1. The predicted octanol–water partition coefficient (Wildman–Crippen LogP) is 14.5. The molecule has 0 aliphatic rings. The average molecular weight is 796 g/mol. The lowest BCUT2D eigenvalue weighted by Gasteiger charge is -2.09. The second-order valence-corrected chi connectivity index (χ2v) is 16.9. The summed E-state index contributed by atoms with van der Waals surface area (Å²) in [7, 11) is 0. The van der Waals surface area contributed by atoms with Crippen LogP contribution in [0.3, 0.4) is 0 Å². The van der Waals surface area contributed by atoms with Gasteiger partial charge in [-0.05, 0) is 102 Å². The van der Waals surface area contributed by atoms with Gasteiger partial charge in [-0.1, -0.05) is 84.9 Å². The van der Waals surface area contributed by atoms with Crippen molar-refractivity contribution in [1.82, 2.24) is 18.5 Å². The number of fused-ring (bicyclic) bond motifs is 18. The van der Waals surface area contributed by atoms with Crippen molar-refractivity contribution in [3.8, 4) is 28.6 Å². The van der Waals surface area contributed by atoms with Crippen molar-refractivity contribution in [2.75, 3.05) is 0 Å². The standard InChI is InChI=1S/C54H29N5OS/c55-30-31-18-25-49-41(26-31)51-53(61-49)50-38-14-6-9-17-48(38)60-52(50)54-56-42-29-35(21-24-47(42)59(51)54)58-44-16-8-5-13-37(44)40-28-33(20-23-46(40)58)32-19-22-45-39(27-32)36-12-4-7-15-43(36)57(45)34-10-2-1-3-11-34/h1-29H. The number of hydrogen-bond acceptors (Lipinski definition) is 4. The lowest BCUT2D eigenvalue weighted by atomic mass is 10.0. The summed E-state index contributed by atoms with van der Waals surface area (Å²) in [5.74, 6) is 0. The van der Waals surface area contributed by atoms with Gasteiger partial charge in [-0.25, -0.2) is 4.98 Å². The molecule has 0 saturated heterocycles. The van der Waals surface area contributed by atoms with Crippen molar-refractivity contribution in [2.45, 2.75) is 0 Å². The molecule has 14 aromatic rings. The van der Waals surface area contributed by atoms with Gasteiger partial charge in [-0.15, -0.1) is 11.3 Å². The lowest BCUT2D eigenvalue weighted by Crippen LogP contribution is -1.94. The maximum Gasteiger partial charge on any atom is 0.182 e. The molecule has 14 rings (SSSR count). The highest BCUT2D eigenvalue weighted by molar-refractivity contribution is 7.26. The highest BCUT2D eigenvalue weighted by atomic mass is 32.1. The predicted molar refractivity (Wildman–Crippen MR) is 252 cm³/mol. The Morgan fingerprint density at radius 1 is 0.508 bits per heavy atom. The minimum Gasteiger partial charge on any atom is -0.452 e. The van der Waals surface area contributed by atoms with Gasteiger partial charge < -0.3 is 13.6 Å².